The minimum atomic E-state index is -1.16. The Kier molecular flexibility index (Phi) is 7.19. The number of carbonyl (C=O) groups is 1. The van der Waals surface area contributed by atoms with E-state index in [1.165, 1.54) is 32.6 Å². The average molecular weight is 575 g/mol. The van der Waals surface area contributed by atoms with Crippen LogP contribution in [0.2, 0.25) is 0 Å². The molecule has 11 nitrogen and oxygen atoms in total. The summed E-state index contributed by atoms with van der Waals surface area (Å²) in [4.78, 5) is 53.6. The maximum Gasteiger partial charge on any atom is 0.306 e. The molecule has 42 heavy (non-hydrogen) atoms. The van der Waals surface area contributed by atoms with E-state index in [1.54, 1.807) is 24.3 Å². The lowest BCUT2D eigenvalue weighted by Crippen LogP contribution is -2.46. The van der Waals surface area contributed by atoms with Crippen LogP contribution in [0.15, 0.2) is 71.9 Å². The van der Waals surface area contributed by atoms with Crippen LogP contribution in [0.25, 0.3) is 11.0 Å². The third kappa shape index (κ3) is 5.00. The minimum Gasteiger partial charge on any atom is -0.502 e. The van der Waals surface area contributed by atoms with Crippen LogP contribution >= 0.6 is 0 Å². The predicted molar refractivity (Wildman–Crippen MR) is 151 cm³/mol. The Bertz CT molecular complexity index is 1850. The molecule has 2 bridgehead atoms. The van der Waals surface area contributed by atoms with E-state index in [2.05, 4.69) is 4.90 Å². The monoisotopic (exact) mass is 574 g/mol. The Hall–Kier alpha value is -4.64. The molecule has 2 aliphatic rings. The van der Waals surface area contributed by atoms with Crippen molar-refractivity contribution in [3.8, 4) is 11.5 Å². The van der Waals surface area contributed by atoms with Gasteiger partial charge in [-0.25, -0.2) is 0 Å². The minimum absolute atomic E-state index is 0.00178. The molecule has 0 radical (unpaired) electrons. The van der Waals surface area contributed by atoms with Crippen LogP contribution in [0.5, 0.6) is 11.5 Å². The molecule has 0 saturated carbocycles. The number of nitrogens with zero attached hydrogens (tertiary/aromatic N) is 2. The van der Waals surface area contributed by atoms with E-state index >= 15 is 0 Å². The van der Waals surface area contributed by atoms with Crippen molar-refractivity contribution in [1.82, 2.24) is 9.47 Å². The van der Waals surface area contributed by atoms with E-state index in [4.69, 9.17) is 18.3 Å². The van der Waals surface area contributed by atoms with Crippen LogP contribution in [0.4, 0.5) is 0 Å². The summed E-state index contributed by atoms with van der Waals surface area (Å²) in [5, 5.41) is 11.0. The first-order valence-corrected chi connectivity index (χ1v) is 13.7. The van der Waals surface area contributed by atoms with Gasteiger partial charge in [0.1, 0.15) is 17.1 Å². The van der Waals surface area contributed by atoms with Gasteiger partial charge in [0.25, 0.3) is 5.56 Å². The number of pyridine rings is 1. The number of hydrogen-bond donors (Lipinski definition) is 1. The lowest BCUT2D eigenvalue weighted by molar-refractivity contribution is -0.140. The summed E-state index contributed by atoms with van der Waals surface area (Å²) in [5.41, 5.74) is 0.162. The highest BCUT2D eigenvalue weighted by Gasteiger charge is 2.35. The van der Waals surface area contributed by atoms with E-state index in [9.17, 15) is 24.3 Å². The van der Waals surface area contributed by atoms with Gasteiger partial charge >= 0.3 is 5.97 Å². The summed E-state index contributed by atoms with van der Waals surface area (Å²) in [5.74, 6) is -1.61. The second-order valence-corrected chi connectivity index (χ2v) is 10.9. The fraction of sp³-hybridized carbons (Fsp3) is 0.355. The summed E-state index contributed by atoms with van der Waals surface area (Å²) in [7, 11) is 2.68. The zero-order valence-corrected chi connectivity index (χ0v) is 23.2. The fourth-order valence-electron chi connectivity index (χ4n) is 6.30. The number of aromatic nitrogens is 1. The van der Waals surface area contributed by atoms with E-state index < -0.39 is 28.5 Å². The van der Waals surface area contributed by atoms with Crippen molar-refractivity contribution in [1.29, 1.82) is 0 Å². The van der Waals surface area contributed by atoms with Crippen LogP contribution in [-0.4, -0.2) is 47.9 Å². The van der Waals surface area contributed by atoms with Gasteiger partial charge in [-0.2, -0.15) is 0 Å². The number of piperidine rings is 1. The van der Waals surface area contributed by atoms with Gasteiger partial charge < -0.3 is 28.0 Å². The summed E-state index contributed by atoms with van der Waals surface area (Å²) >= 11 is 0. The molecule has 11 heteroatoms. The highest BCUT2D eigenvalue weighted by molar-refractivity contribution is 5.79. The van der Waals surface area contributed by atoms with Crippen LogP contribution in [0, 0.1) is 5.92 Å². The first-order chi connectivity index (χ1) is 20.2. The topological polar surface area (TPSA) is 141 Å². The van der Waals surface area contributed by atoms with Crippen LogP contribution in [0.1, 0.15) is 47.5 Å². The van der Waals surface area contributed by atoms with E-state index in [0.29, 0.717) is 31.0 Å². The van der Waals surface area contributed by atoms with Crippen LogP contribution < -0.4 is 21.2 Å². The number of likely N-dealkylation sites (tertiary alicyclic amines) is 1. The first-order valence-electron chi connectivity index (χ1n) is 13.7. The molecule has 0 amide bonds. The number of ether oxygens (including phenoxy) is 2. The lowest BCUT2D eigenvalue weighted by atomic mass is 9.83. The van der Waals surface area contributed by atoms with E-state index in [0.717, 1.165) is 12.1 Å². The Morgan fingerprint density at radius 1 is 1.10 bits per heavy atom. The maximum absolute atomic E-state index is 13.6. The van der Waals surface area contributed by atoms with Gasteiger partial charge in [0.05, 0.1) is 44.8 Å². The molecule has 1 N–H and O–H groups in total. The molecule has 0 aliphatic carbocycles. The second-order valence-electron chi connectivity index (χ2n) is 10.9. The summed E-state index contributed by atoms with van der Waals surface area (Å²) in [6.07, 6.45) is 1.80. The molecule has 5 heterocycles. The Morgan fingerprint density at radius 3 is 2.71 bits per heavy atom. The molecule has 218 valence electrons. The molecule has 2 aliphatic heterocycles. The van der Waals surface area contributed by atoms with Crippen molar-refractivity contribution in [2.24, 2.45) is 5.92 Å². The Morgan fingerprint density at radius 2 is 1.93 bits per heavy atom. The second kappa shape index (κ2) is 11.0. The molecule has 1 aromatic carbocycles. The summed E-state index contributed by atoms with van der Waals surface area (Å²) in [6, 6.07) is 11.3. The van der Waals surface area contributed by atoms with Gasteiger partial charge in [-0.3, -0.25) is 24.1 Å². The largest absolute Gasteiger partial charge is 0.502 e. The SMILES string of the molecule is COC(=O)C[C@@H](c1oc(CN2C[C@H]3C[C@@H](C2)c2cccc(=O)n2C3)cc(=O)c1O)c1coc2ccc(OC)cc2c1=O. The molecule has 1 saturated heterocycles. The maximum atomic E-state index is 13.6. The number of benzene rings is 1. The molecular weight excluding hydrogens is 544 g/mol. The summed E-state index contributed by atoms with van der Waals surface area (Å²) in [6.45, 7) is 2.23. The lowest BCUT2D eigenvalue weighted by Gasteiger charge is -2.42. The van der Waals surface area contributed by atoms with Crippen molar-refractivity contribution < 1.29 is 28.2 Å². The van der Waals surface area contributed by atoms with Crippen molar-refractivity contribution in [3.05, 3.63) is 102 Å². The number of esters is 1. The number of fused-ring (bicyclic) bond motifs is 5. The Balaban J connectivity index is 1.37. The molecule has 0 spiro atoms. The smallest absolute Gasteiger partial charge is 0.306 e. The van der Waals surface area contributed by atoms with Crippen LogP contribution in [0.3, 0.4) is 0 Å². The molecule has 1 fully saturated rings. The van der Waals surface area contributed by atoms with Gasteiger partial charge in [0.15, 0.2) is 11.2 Å². The highest BCUT2D eigenvalue weighted by atomic mass is 16.5. The zero-order chi connectivity index (χ0) is 29.5. The van der Waals surface area contributed by atoms with Gasteiger partial charge in [-0.05, 0) is 36.6 Å². The third-order valence-electron chi connectivity index (χ3n) is 8.23. The molecule has 3 aromatic heterocycles. The number of carbonyl (C=O) groups excluding carboxylic acids is 1. The Labute approximate surface area is 239 Å². The van der Waals surface area contributed by atoms with Crippen molar-refractivity contribution in [2.45, 2.75) is 37.8 Å². The molecule has 6 rings (SSSR count). The van der Waals surface area contributed by atoms with E-state index in [1.807, 2.05) is 10.6 Å². The van der Waals surface area contributed by atoms with Crippen LogP contribution in [-0.2, 0) is 22.6 Å². The standard InChI is InChI=1S/C31H30N2O9/c1-39-19-6-7-26-22(9-19)29(37)23(16-41-26)21(11-28(36)40-2)31-30(38)25(34)10-20(42-31)15-32-12-17-8-18(14-32)24-4-3-5-27(35)33(24)13-17/h3-7,9-10,16-18,21,38H,8,11-15H2,1-2H3/t17-,18+,21-/m1/s1. The summed E-state index contributed by atoms with van der Waals surface area (Å²) < 4.78 is 23.8. The molecular formula is C31H30N2O9. The van der Waals surface area contributed by atoms with Crippen molar-refractivity contribution in [3.63, 3.8) is 0 Å². The van der Waals surface area contributed by atoms with Crippen molar-refractivity contribution >= 4 is 16.9 Å². The van der Waals surface area contributed by atoms with E-state index in [-0.39, 0.29) is 52.8 Å². The van der Waals surface area contributed by atoms with Gasteiger partial charge in [-0.15, -0.1) is 0 Å². The fourth-order valence-corrected chi connectivity index (χ4v) is 6.30. The zero-order valence-electron chi connectivity index (χ0n) is 23.2. The van der Waals surface area contributed by atoms with Gasteiger partial charge in [0, 0.05) is 48.9 Å². The number of rotatable bonds is 7. The quantitative estimate of drug-likeness (QED) is 0.328. The third-order valence-corrected chi connectivity index (χ3v) is 8.23. The number of aromatic hydroxyl groups is 1. The molecule has 0 unspecified atom stereocenters. The predicted octanol–water partition coefficient (Wildman–Crippen LogP) is 2.94. The number of hydrogen-bond acceptors (Lipinski definition) is 10. The van der Waals surface area contributed by atoms with Gasteiger partial charge in [-0.1, -0.05) is 6.07 Å². The molecule has 4 aromatic rings. The normalized spacial score (nSPS) is 18.8. The van der Waals surface area contributed by atoms with Crippen molar-refractivity contribution in [2.75, 3.05) is 27.3 Å². The first kappa shape index (κ1) is 27.5. The van der Waals surface area contributed by atoms with Gasteiger partial charge in [0.2, 0.25) is 11.2 Å². The average Bonchev–Trinajstić information content (AvgIpc) is 2.98. The molecule has 3 atom stereocenters. The highest BCUT2D eigenvalue weighted by Crippen LogP contribution is 2.37. The number of methoxy groups -OCH3 is 2.